The molecule has 1 N–H and O–H groups in total. The lowest BCUT2D eigenvalue weighted by molar-refractivity contribution is 0.0950. The van der Waals surface area contributed by atoms with Crippen molar-refractivity contribution in [1.82, 2.24) is 15.1 Å². The van der Waals surface area contributed by atoms with E-state index in [4.69, 9.17) is 23.2 Å². The van der Waals surface area contributed by atoms with E-state index in [1.165, 1.54) is 0 Å². The van der Waals surface area contributed by atoms with Crippen LogP contribution in [0.3, 0.4) is 0 Å². The van der Waals surface area contributed by atoms with Crippen molar-refractivity contribution in [2.45, 2.75) is 6.54 Å². The predicted octanol–water partition coefficient (Wildman–Crippen LogP) is 2.66. The van der Waals surface area contributed by atoms with Crippen molar-refractivity contribution in [2.75, 3.05) is 0 Å². The summed E-state index contributed by atoms with van der Waals surface area (Å²) >= 11 is 11.8. The predicted molar refractivity (Wildman–Crippen MR) is 70.8 cm³/mol. The molecular formula is C12H11Cl2N3O. The zero-order valence-corrected chi connectivity index (χ0v) is 11.2. The zero-order valence-electron chi connectivity index (χ0n) is 9.65. The SMILES string of the molecule is Cn1nccc1CNC(=O)c1cc(Cl)ccc1Cl. The number of carbonyl (C=O) groups excluding carboxylic acids is 1. The molecule has 0 aliphatic rings. The largest absolute Gasteiger partial charge is 0.346 e. The van der Waals surface area contributed by atoms with E-state index >= 15 is 0 Å². The molecular weight excluding hydrogens is 273 g/mol. The maximum Gasteiger partial charge on any atom is 0.253 e. The third kappa shape index (κ3) is 2.83. The Morgan fingerprint density at radius 3 is 2.83 bits per heavy atom. The fourth-order valence-corrected chi connectivity index (χ4v) is 1.89. The van der Waals surface area contributed by atoms with Crippen LogP contribution in [0.4, 0.5) is 0 Å². The molecule has 1 amide bonds. The summed E-state index contributed by atoms with van der Waals surface area (Å²) in [6.45, 7) is 0.387. The summed E-state index contributed by atoms with van der Waals surface area (Å²) in [5.74, 6) is -0.260. The Morgan fingerprint density at radius 2 is 2.17 bits per heavy atom. The van der Waals surface area contributed by atoms with E-state index in [2.05, 4.69) is 10.4 Å². The van der Waals surface area contributed by atoms with Gasteiger partial charge in [0.2, 0.25) is 0 Å². The van der Waals surface area contributed by atoms with E-state index in [1.54, 1.807) is 29.1 Å². The molecule has 0 fully saturated rings. The van der Waals surface area contributed by atoms with Crippen LogP contribution in [0.1, 0.15) is 16.1 Å². The summed E-state index contributed by atoms with van der Waals surface area (Å²) < 4.78 is 1.69. The van der Waals surface area contributed by atoms with Crippen LogP contribution in [-0.4, -0.2) is 15.7 Å². The molecule has 0 saturated carbocycles. The van der Waals surface area contributed by atoms with Crippen LogP contribution >= 0.6 is 23.2 Å². The van der Waals surface area contributed by atoms with Gasteiger partial charge in [-0.3, -0.25) is 9.48 Å². The molecule has 1 aromatic heterocycles. The standard InChI is InChI=1S/C12H11Cl2N3O/c1-17-9(4-5-16-17)7-15-12(18)10-6-8(13)2-3-11(10)14/h2-6H,7H2,1H3,(H,15,18). The first-order valence-electron chi connectivity index (χ1n) is 5.28. The van der Waals surface area contributed by atoms with Crippen LogP contribution in [0.2, 0.25) is 10.0 Å². The van der Waals surface area contributed by atoms with E-state index in [9.17, 15) is 4.79 Å². The lowest BCUT2D eigenvalue weighted by Gasteiger charge is -2.07. The van der Waals surface area contributed by atoms with Gasteiger partial charge in [-0.05, 0) is 24.3 Å². The third-order valence-corrected chi connectivity index (χ3v) is 3.09. The molecule has 1 aromatic carbocycles. The maximum atomic E-state index is 11.9. The van der Waals surface area contributed by atoms with Crippen molar-refractivity contribution in [3.05, 3.63) is 51.8 Å². The average Bonchev–Trinajstić information content (AvgIpc) is 2.75. The average molecular weight is 284 g/mol. The highest BCUT2D eigenvalue weighted by Crippen LogP contribution is 2.20. The second-order valence-corrected chi connectivity index (χ2v) is 4.60. The molecule has 2 aromatic rings. The molecule has 0 radical (unpaired) electrons. The Morgan fingerprint density at radius 1 is 1.39 bits per heavy atom. The van der Waals surface area contributed by atoms with Crippen molar-refractivity contribution >= 4 is 29.1 Å². The normalized spacial score (nSPS) is 10.4. The van der Waals surface area contributed by atoms with Crippen LogP contribution in [0.25, 0.3) is 0 Å². The first-order valence-corrected chi connectivity index (χ1v) is 6.03. The summed E-state index contributed by atoms with van der Waals surface area (Å²) in [4.78, 5) is 11.9. The Labute approximate surface area is 115 Å². The number of aromatic nitrogens is 2. The van der Waals surface area contributed by atoms with Gasteiger partial charge in [0.25, 0.3) is 5.91 Å². The number of nitrogens with zero attached hydrogens (tertiary/aromatic N) is 2. The van der Waals surface area contributed by atoms with Crippen LogP contribution in [0, 0.1) is 0 Å². The minimum Gasteiger partial charge on any atom is -0.346 e. The van der Waals surface area contributed by atoms with Crippen LogP contribution < -0.4 is 5.32 Å². The van der Waals surface area contributed by atoms with Gasteiger partial charge in [0.05, 0.1) is 22.8 Å². The number of nitrogens with one attached hydrogen (secondary N) is 1. The number of hydrogen-bond acceptors (Lipinski definition) is 2. The second kappa shape index (κ2) is 5.42. The molecule has 6 heteroatoms. The third-order valence-electron chi connectivity index (χ3n) is 2.53. The van der Waals surface area contributed by atoms with E-state index in [0.29, 0.717) is 22.2 Å². The molecule has 0 aliphatic carbocycles. The number of hydrogen-bond donors (Lipinski definition) is 1. The highest BCUT2D eigenvalue weighted by Gasteiger charge is 2.11. The summed E-state index contributed by atoms with van der Waals surface area (Å²) in [6.07, 6.45) is 1.67. The fraction of sp³-hybridized carbons (Fsp3) is 0.167. The zero-order chi connectivity index (χ0) is 13.1. The van der Waals surface area contributed by atoms with Gasteiger partial charge in [-0.25, -0.2) is 0 Å². The summed E-state index contributed by atoms with van der Waals surface area (Å²) in [7, 11) is 1.81. The maximum absolute atomic E-state index is 11.9. The van der Waals surface area contributed by atoms with Gasteiger partial charge in [-0.15, -0.1) is 0 Å². The van der Waals surface area contributed by atoms with Crippen LogP contribution in [0.15, 0.2) is 30.5 Å². The fourth-order valence-electron chi connectivity index (χ4n) is 1.51. The Bertz CT molecular complexity index is 580. The van der Waals surface area contributed by atoms with Crippen LogP contribution in [0.5, 0.6) is 0 Å². The minimum atomic E-state index is -0.260. The molecule has 0 saturated heterocycles. The molecule has 0 spiro atoms. The topological polar surface area (TPSA) is 46.9 Å². The summed E-state index contributed by atoms with van der Waals surface area (Å²) in [6, 6.07) is 6.62. The molecule has 18 heavy (non-hydrogen) atoms. The highest BCUT2D eigenvalue weighted by atomic mass is 35.5. The lowest BCUT2D eigenvalue weighted by atomic mass is 10.2. The Kier molecular flexibility index (Phi) is 3.89. The monoisotopic (exact) mass is 283 g/mol. The van der Waals surface area contributed by atoms with Gasteiger partial charge in [-0.1, -0.05) is 23.2 Å². The minimum absolute atomic E-state index is 0.260. The van der Waals surface area contributed by atoms with Gasteiger partial charge in [-0.2, -0.15) is 5.10 Å². The molecule has 94 valence electrons. The van der Waals surface area contributed by atoms with Crippen molar-refractivity contribution < 1.29 is 4.79 Å². The molecule has 0 aliphatic heterocycles. The van der Waals surface area contributed by atoms with Crippen LogP contribution in [-0.2, 0) is 13.6 Å². The van der Waals surface area contributed by atoms with Crippen molar-refractivity contribution in [3.8, 4) is 0 Å². The van der Waals surface area contributed by atoms with E-state index in [1.807, 2.05) is 13.1 Å². The molecule has 0 atom stereocenters. The number of amides is 1. The quantitative estimate of drug-likeness (QED) is 0.941. The van der Waals surface area contributed by atoms with Gasteiger partial charge in [0, 0.05) is 18.3 Å². The van der Waals surface area contributed by atoms with Gasteiger partial charge in [0.1, 0.15) is 0 Å². The molecule has 2 rings (SSSR count). The Balaban J connectivity index is 2.08. The number of rotatable bonds is 3. The molecule has 0 bridgehead atoms. The first-order chi connectivity index (χ1) is 8.58. The number of carbonyl (C=O) groups is 1. The Hall–Kier alpha value is -1.52. The van der Waals surface area contributed by atoms with E-state index in [0.717, 1.165) is 5.69 Å². The summed E-state index contributed by atoms with van der Waals surface area (Å²) in [5.41, 5.74) is 1.27. The molecule has 1 heterocycles. The molecule has 0 unspecified atom stereocenters. The van der Waals surface area contributed by atoms with Gasteiger partial charge in [0.15, 0.2) is 0 Å². The molecule has 4 nitrogen and oxygen atoms in total. The number of aryl methyl sites for hydroxylation is 1. The smallest absolute Gasteiger partial charge is 0.253 e. The van der Waals surface area contributed by atoms with E-state index < -0.39 is 0 Å². The highest BCUT2D eigenvalue weighted by molar-refractivity contribution is 6.35. The first kappa shape index (κ1) is 12.9. The lowest BCUT2D eigenvalue weighted by Crippen LogP contribution is -2.24. The van der Waals surface area contributed by atoms with Gasteiger partial charge < -0.3 is 5.32 Å². The van der Waals surface area contributed by atoms with Crippen molar-refractivity contribution in [2.24, 2.45) is 7.05 Å². The van der Waals surface area contributed by atoms with E-state index in [-0.39, 0.29) is 5.91 Å². The number of halogens is 2. The second-order valence-electron chi connectivity index (χ2n) is 3.75. The van der Waals surface area contributed by atoms with Crippen molar-refractivity contribution in [1.29, 1.82) is 0 Å². The summed E-state index contributed by atoms with van der Waals surface area (Å²) in [5, 5.41) is 7.64. The van der Waals surface area contributed by atoms with Crippen molar-refractivity contribution in [3.63, 3.8) is 0 Å². The number of benzene rings is 1. The van der Waals surface area contributed by atoms with Gasteiger partial charge >= 0.3 is 0 Å².